The molecular formula is C21H15F3O2. The Morgan fingerprint density at radius 3 is 1.85 bits per heavy atom. The van der Waals surface area contributed by atoms with Crippen molar-refractivity contribution in [1.82, 2.24) is 0 Å². The summed E-state index contributed by atoms with van der Waals surface area (Å²) in [6.07, 6.45) is 0.954. The van der Waals surface area contributed by atoms with Crippen LogP contribution in [-0.4, -0.2) is 5.97 Å². The van der Waals surface area contributed by atoms with E-state index in [1.165, 1.54) is 5.56 Å². The van der Waals surface area contributed by atoms with Gasteiger partial charge in [-0.25, -0.2) is 18.0 Å². The molecule has 0 amide bonds. The fraction of sp³-hybridized carbons (Fsp3) is 0.0952. The normalized spacial score (nSPS) is 10.6. The summed E-state index contributed by atoms with van der Waals surface area (Å²) in [5.41, 5.74) is 3.37. The second kappa shape index (κ2) is 7.44. The van der Waals surface area contributed by atoms with Crippen LogP contribution < -0.4 is 4.74 Å². The predicted octanol–water partition coefficient (Wildman–Crippen LogP) is 5.55. The average molecular weight is 356 g/mol. The van der Waals surface area contributed by atoms with Crippen LogP contribution >= 0.6 is 0 Å². The number of benzene rings is 3. The zero-order chi connectivity index (χ0) is 18.7. The van der Waals surface area contributed by atoms with Crippen LogP contribution in [0.15, 0.2) is 60.7 Å². The van der Waals surface area contributed by atoms with Crippen LogP contribution in [0.4, 0.5) is 13.2 Å². The van der Waals surface area contributed by atoms with Crippen molar-refractivity contribution in [1.29, 1.82) is 0 Å². The molecule has 132 valence electrons. The van der Waals surface area contributed by atoms with Crippen molar-refractivity contribution in [2.45, 2.75) is 13.3 Å². The molecule has 0 unspecified atom stereocenters. The molecule has 0 aliphatic heterocycles. The zero-order valence-electron chi connectivity index (χ0n) is 13.9. The first-order chi connectivity index (χ1) is 12.5. The van der Waals surface area contributed by atoms with Gasteiger partial charge in [0, 0.05) is 12.1 Å². The third-order valence-corrected chi connectivity index (χ3v) is 3.98. The summed E-state index contributed by atoms with van der Waals surface area (Å²) >= 11 is 0. The SMILES string of the molecule is CCc1ccc(-c2ccc(C(=O)Oc3cc(F)c(F)c(F)c3)cc2)cc1. The minimum absolute atomic E-state index is 0.212. The molecule has 0 bridgehead atoms. The molecule has 0 heterocycles. The fourth-order valence-electron chi connectivity index (χ4n) is 2.49. The van der Waals surface area contributed by atoms with E-state index in [9.17, 15) is 18.0 Å². The van der Waals surface area contributed by atoms with Crippen molar-refractivity contribution in [2.24, 2.45) is 0 Å². The molecule has 3 aromatic carbocycles. The number of carbonyl (C=O) groups excluding carboxylic acids is 1. The topological polar surface area (TPSA) is 26.3 Å². The molecule has 0 spiro atoms. The maximum atomic E-state index is 13.2. The minimum atomic E-state index is -1.61. The molecule has 0 fully saturated rings. The summed E-state index contributed by atoms with van der Waals surface area (Å²) in [5.74, 6) is -5.63. The van der Waals surface area contributed by atoms with Gasteiger partial charge in [-0.1, -0.05) is 43.3 Å². The lowest BCUT2D eigenvalue weighted by molar-refractivity contribution is 0.0733. The maximum Gasteiger partial charge on any atom is 0.343 e. The van der Waals surface area contributed by atoms with E-state index in [1.54, 1.807) is 24.3 Å². The van der Waals surface area contributed by atoms with Crippen LogP contribution in [0, 0.1) is 17.5 Å². The van der Waals surface area contributed by atoms with E-state index in [1.807, 2.05) is 24.3 Å². The highest BCUT2D eigenvalue weighted by Gasteiger charge is 2.15. The van der Waals surface area contributed by atoms with Crippen LogP contribution in [0.1, 0.15) is 22.8 Å². The Hall–Kier alpha value is -3.08. The van der Waals surface area contributed by atoms with Gasteiger partial charge >= 0.3 is 5.97 Å². The molecule has 0 aromatic heterocycles. The number of hydrogen-bond acceptors (Lipinski definition) is 2. The highest BCUT2D eigenvalue weighted by atomic mass is 19.2. The Balaban J connectivity index is 1.76. The first kappa shape index (κ1) is 17.7. The lowest BCUT2D eigenvalue weighted by atomic mass is 10.0. The lowest BCUT2D eigenvalue weighted by Crippen LogP contribution is -2.09. The Labute approximate surface area is 148 Å². The Kier molecular flexibility index (Phi) is 5.07. The molecule has 26 heavy (non-hydrogen) atoms. The quantitative estimate of drug-likeness (QED) is 0.348. The van der Waals surface area contributed by atoms with Crippen molar-refractivity contribution in [3.05, 3.63) is 89.2 Å². The van der Waals surface area contributed by atoms with Crippen LogP contribution in [0.5, 0.6) is 5.75 Å². The smallest absolute Gasteiger partial charge is 0.343 e. The number of aryl methyl sites for hydroxylation is 1. The first-order valence-corrected chi connectivity index (χ1v) is 8.04. The fourth-order valence-corrected chi connectivity index (χ4v) is 2.49. The molecule has 0 saturated heterocycles. The van der Waals surface area contributed by atoms with E-state index in [0.29, 0.717) is 12.1 Å². The number of ether oxygens (including phenoxy) is 1. The van der Waals surface area contributed by atoms with Gasteiger partial charge in [0.05, 0.1) is 5.56 Å². The van der Waals surface area contributed by atoms with E-state index >= 15 is 0 Å². The van der Waals surface area contributed by atoms with Gasteiger partial charge in [0.1, 0.15) is 5.75 Å². The summed E-state index contributed by atoms with van der Waals surface area (Å²) in [5, 5.41) is 0. The molecule has 0 atom stereocenters. The third-order valence-electron chi connectivity index (χ3n) is 3.98. The number of halogens is 3. The van der Waals surface area contributed by atoms with Gasteiger partial charge < -0.3 is 4.74 Å². The molecule has 3 aromatic rings. The molecule has 5 heteroatoms. The van der Waals surface area contributed by atoms with Gasteiger partial charge in [-0.05, 0) is 35.2 Å². The van der Waals surface area contributed by atoms with E-state index in [4.69, 9.17) is 4.74 Å². The van der Waals surface area contributed by atoms with Crippen LogP contribution in [0.3, 0.4) is 0 Å². The highest BCUT2D eigenvalue weighted by molar-refractivity contribution is 5.91. The van der Waals surface area contributed by atoms with Gasteiger partial charge in [0.2, 0.25) is 0 Å². The van der Waals surface area contributed by atoms with Crippen molar-refractivity contribution in [2.75, 3.05) is 0 Å². The molecular weight excluding hydrogens is 341 g/mol. The summed E-state index contributed by atoms with van der Waals surface area (Å²) in [7, 11) is 0. The van der Waals surface area contributed by atoms with Crippen LogP contribution in [-0.2, 0) is 6.42 Å². The Morgan fingerprint density at radius 2 is 1.35 bits per heavy atom. The highest BCUT2D eigenvalue weighted by Crippen LogP contribution is 2.23. The minimum Gasteiger partial charge on any atom is -0.423 e. The standard InChI is InChI=1S/C21H15F3O2/c1-2-13-3-5-14(6-4-13)15-7-9-16(10-8-15)21(25)26-17-11-18(22)20(24)19(23)12-17/h3-12H,2H2,1H3. The molecule has 0 saturated carbocycles. The summed E-state index contributed by atoms with van der Waals surface area (Å²) in [4.78, 5) is 12.1. The van der Waals surface area contributed by atoms with Crippen molar-refractivity contribution >= 4 is 5.97 Å². The molecule has 0 N–H and O–H groups in total. The molecule has 0 radical (unpaired) electrons. The van der Waals surface area contributed by atoms with Gasteiger partial charge in [-0.15, -0.1) is 0 Å². The maximum absolute atomic E-state index is 13.2. The van der Waals surface area contributed by atoms with Crippen LogP contribution in [0.25, 0.3) is 11.1 Å². The molecule has 3 rings (SSSR count). The van der Waals surface area contributed by atoms with Gasteiger partial charge in [0.25, 0.3) is 0 Å². The van der Waals surface area contributed by atoms with Gasteiger partial charge in [-0.3, -0.25) is 0 Å². The predicted molar refractivity (Wildman–Crippen MR) is 92.5 cm³/mol. The summed E-state index contributed by atoms with van der Waals surface area (Å²) < 4.78 is 44.2. The summed E-state index contributed by atoms with van der Waals surface area (Å²) in [6, 6.07) is 15.9. The Morgan fingerprint density at radius 1 is 0.846 bits per heavy atom. The van der Waals surface area contributed by atoms with E-state index in [-0.39, 0.29) is 5.56 Å². The van der Waals surface area contributed by atoms with Crippen molar-refractivity contribution in [3.63, 3.8) is 0 Å². The first-order valence-electron chi connectivity index (χ1n) is 8.04. The van der Waals surface area contributed by atoms with E-state index in [2.05, 4.69) is 6.92 Å². The van der Waals surface area contributed by atoms with Crippen LogP contribution in [0.2, 0.25) is 0 Å². The second-order valence-electron chi connectivity index (χ2n) is 5.72. The number of hydrogen-bond donors (Lipinski definition) is 0. The van der Waals surface area contributed by atoms with E-state index < -0.39 is 29.2 Å². The molecule has 2 nitrogen and oxygen atoms in total. The number of carbonyl (C=O) groups is 1. The van der Waals surface area contributed by atoms with Crippen molar-refractivity contribution < 1.29 is 22.7 Å². The second-order valence-corrected chi connectivity index (χ2v) is 5.72. The Bertz CT molecular complexity index is 909. The van der Waals surface area contributed by atoms with Crippen molar-refractivity contribution in [3.8, 4) is 16.9 Å². The zero-order valence-corrected chi connectivity index (χ0v) is 13.9. The van der Waals surface area contributed by atoms with Gasteiger partial charge in [-0.2, -0.15) is 0 Å². The number of rotatable bonds is 4. The van der Waals surface area contributed by atoms with E-state index in [0.717, 1.165) is 17.5 Å². The third kappa shape index (κ3) is 3.77. The monoisotopic (exact) mass is 356 g/mol. The number of esters is 1. The largest absolute Gasteiger partial charge is 0.423 e. The lowest BCUT2D eigenvalue weighted by Gasteiger charge is -2.07. The average Bonchev–Trinajstić information content (AvgIpc) is 2.66. The molecule has 0 aliphatic carbocycles. The molecule has 0 aliphatic rings. The summed E-state index contributed by atoms with van der Waals surface area (Å²) in [6.45, 7) is 2.08. The van der Waals surface area contributed by atoms with Gasteiger partial charge in [0.15, 0.2) is 17.5 Å².